The van der Waals surface area contributed by atoms with Gasteiger partial charge in [0.15, 0.2) is 0 Å². The molecule has 0 amide bonds. The fraction of sp³-hybridized carbons (Fsp3) is 0.429. The number of hydrogen-bond acceptors (Lipinski definition) is 2. The first kappa shape index (κ1) is 9.68. The van der Waals surface area contributed by atoms with Crippen LogP contribution < -0.4 is 10.7 Å². The molecule has 0 aromatic carbocycles. The molecule has 0 saturated carbocycles. The first-order chi connectivity index (χ1) is 5.07. The first-order valence-electron chi connectivity index (χ1n) is 3.35. The minimum absolute atomic E-state index is 0.132. The number of carboxylic acids is 1. The molecule has 0 unspecified atom stereocenters. The molecule has 62 valence electrons. The summed E-state index contributed by atoms with van der Waals surface area (Å²) < 4.78 is 0. The van der Waals surface area contributed by atoms with E-state index in [-0.39, 0.29) is 5.71 Å². The average molecular weight is 157 g/mol. The molecule has 0 fully saturated rings. The molecule has 0 rings (SSSR count). The Morgan fingerprint density at radius 1 is 1.73 bits per heavy atom. The van der Waals surface area contributed by atoms with Gasteiger partial charge < -0.3 is 10.8 Å². The summed E-state index contributed by atoms with van der Waals surface area (Å²) in [6.07, 6.45) is 1.39. The smallest absolute Gasteiger partial charge is 0.400 e. The van der Waals surface area contributed by atoms with Crippen molar-refractivity contribution in [2.24, 2.45) is 5.73 Å². The molecular formula is C7H13N2O2+. The van der Waals surface area contributed by atoms with E-state index < -0.39 is 5.97 Å². The van der Waals surface area contributed by atoms with Crippen LogP contribution in [0.15, 0.2) is 11.8 Å². The van der Waals surface area contributed by atoms with Gasteiger partial charge in [-0.3, -0.25) is 0 Å². The SMILES string of the molecule is CC[NH+]=C(C=C(C)N)C(=O)O. The van der Waals surface area contributed by atoms with Gasteiger partial charge in [0.05, 0.1) is 0 Å². The van der Waals surface area contributed by atoms with Gasteiger partial charge in [0, 0.05) is 11.8 Å². The molecule has 4 heteroatoms. The summed E-state index contributed by atoms with van der Waals surface area (Å²) in [6, 6.07) is 0. The lowest BCUT2D eigenvalue weighted by Gasteiger charge is -1.88. The summed E-state index contributed by atoms with van der Waals surface area (Å²) in [5.74, 6) is -0.989. The van der Waals surface area contributed by atoms with E-state index in [1.54, 1.807) is 6.92 Å². The lowest BCUT2D eigenvalue weighted by molar-refractivity contribution is -0.450. The Balaban J connectivity index is 4.50. The lowest BCUT2D eigenvalue weighted by atomic mass is 10.3. The Morgan fingerprint density at radius 3 is 2.55 bits per heavy atom. The number of carboxylic acid groups (broad SMARTS) is 1. The fourth-order valence-corrected chi connectivity index (χ4v) is 0.607. The molecule has 4 nitrogen and oxygen atoms in total. The van der Waals surface area contributed by atoms with Crippen LogP contribution in [0.5, 0.6) is 0 Å². The van der Waals surface area contributed by atoms with E-state index in [0.717, 1.165) is 0 Å². The van der Waals surface area contributed by atoms with Crippen LogP contribution in [-0.2, 0) is 4.79 Å². The summed E-state index contributed by atoms with van der Waals surface area (Å²) in [7, 11) is 0. The third-order valence-electron chi connectivity index (χ3n) is 0.970. The van der Waals surface area contributed by atoms with Crippen LogP contribution in [0.2, 0.25) is 0 Å². The molecule has 0 aliphatic carbocycles. The van der Waals surface area contributed by atoms with E-state index in [0.29, 0.717) is 12.2 Å². The number of nitrogens with two attached hydrogens (primary N) is 1. The first-order valence-corrected chi connectivity index (χ1v) is 3.35. The van der Waals surface area contributed by atoms with Crippen molar-refractivity contribution in [3.05, 3.63) is 11.8 Å². The second-order valence-electron chi connectivity index (χ2n) is 2.14. The number of aliphatic carboxylic acids is 1. The van der Waals surface area contributed by atoms with Gasteiger partial charge in [-0.05, 0) is 13.8 Å². The Labute approximate surface area is 65.4 Å². The third kappa shape index (κ3) is 4.13. The number of carbonyl (C=O) groups is 1. The largest absolute Gasteiger partial charge is 0.473 e. The van der Waals surface area contributed by atoms with Crippen LogP contribution in [0.1, 0.15) is 13.8 Å². The van der Waals surface area contributed by atoms with Crippen molar-refractivity contribution >= 4 is 11.7 Å². The third-order valence-corrected chi connectivity index (χ3v) is 0.970. The minimum Gasteiger partial charge on any atom is -0.473 e. The normalized spacial score (nSPS) is 13.3. The summed E-state index contributed by atoms with van der Waals surface area (Å²) in [5.41, 5.74) is 5.91. The van der Waals surface area contributed by atoms with Crippen LogP contribution in [0.3, 0.4) is 0 Å². The van der Waals surface area contributed by atoms with Crippen molar-refractivity contribution in [1.82, 2.24) is 0 Å². The molecule has 0 aromatic rings. The van der Waals surface area contributed by atoms with Gasteiger partial charge in [0.1, 0.15) is 6.54 Å². The van der Waals surface area contributed by atoms with Crippen LogP contribution in [0.25, 0.3) is 0 Å². The summed E-state index contributed by atoms with van der Waals surface area (Å²) in [4.78, 5) is 13.1. The van der Waals surface area contributed by atoms with Gasteiger partial charge in [-0.2, -0.15) is 0 Å². The minimum atomic E-state index is -0.989. The molecule has 0 bridgehead atoms. The van der Waals surface area contributed by atoms with Crippen molar-refractivity contribution in [2.75, 3.05) is 6.54 Å². The number of nitrogens with one attached hydrogen (secondary N) is 1. The molecule has 0 radical (unpaired) electrons. The second-order valence-corrected chi connectivity index (χ2v) is 2.14. The van der Waals surface area contributed by atoms with Crippen LogP contribution >= 0.6 is 0 Å². The number of hydrogen-bond donors (Lipinski definition) is 3. The average Bonchev–Trinajstić information content (AvgIpc) is 1.86. The lowest BCUT2D eigenvalue weighted by Crippen LogP contribution is -2.73. The Hall–Kier alpha value is -1.32. The number of allylic oxidation sites excluding steroid dienone is 1. The van der Waals surface area contributed by atoms with E-state index in [4.69, 9.17) is 10.8 Å². The molecular weight excluding hydrogens is 144 g/mol. The maximum atomic E-state index is 10.4. The van der Waals surface area contributed by atoms with E-state index in [9.17, 15) is 4.79 Å². The molecule has 0 spiro atoms. The Kier molecular flexibility index (Phi) is 3.95. The molecule has 0 aliphatic heterocycles. The Bertz CT molecular complexity index is 202. The monoisotopic (exact) mass is 157 g/mol. The van der Waals surface area contributed by atoms with Gasteiger partial charge in [0.25, 0.3) is 5.71 Å². The summed E-state index contributed by atoms with van der Waals surface area (Å²) in [6.45, 7) is 4.04. The van der Waals surface area contributed by atoms with E-state index in [1.165, 1.54) is 6.08 Å². The molecule has 4 N–H and O–H groups in total. The standard InChI is InChI=1S/C7H12N2O2/c1-3-9-6(7(10)11)4-5(2)8/h4H,3,8H2,1-2H3,(H,10,11)/p+1. The molecule has 0 saturated heterocycles. The van der Waals surface area contributed by atoms with Gasteiger partial charge in [-0.1, -0.05) is 0 Å². The number of rotatable bonds is 3. The highest BCUT2D eigenvalue weighted by Gasteiger charge is 2.11. The topological polar surface area (TPSA) is 77.3 Å². The van der Waals surface area contributed by atoms with Gasteiger partial charge in [0.2, 0.25) is 0 Å². The van der Waals surface area contributed by atoms with Crippen molar-refractivity contribution in [3.8, 4) is 0 Å². The zero-order valence-corrected chi connectivity index (χ0v) is 6.72. The summed E-state index contributed by atoms with van der Waals surface area (Å²) in [5, 5.41) is 8.55. The highest BCUT2D eigenvalue weighted by atomic mass is 16.4. The highest BCUT2D eigenvalue weighted by Crippen LogP contribution is 1.79. The van der Waals surface area contributed by atoms with Crippen LogP contribution in [0, 0.1) is 0 Å². The maximum Gasteiger partial charge on any atom is 0.400 e. The second kappa shape index (κ2) is 4.49. The molecule has 0 aliphatic rings. The predicted octanol–water partition coefficient (Wildman–Crippen LogP) is -1.52. The van der Waals surface area contributed by atoms with E-state index in [2.05, 4.69) is 4.99 Å². The highest BCUT2D eigenvalue weighted by molar-refractivity contribution is 6.37. The fourth-order valence-electron chi connectivity index (χ4n) is 0.607. The van der Waals surface area contributed by atoms with Crippen molar-refractivity contribution in [3.63, 3.8) is 0 Å². The van der Waals surface area contributed by atoms with Crippen molar-refractivity contribution in [2.45, 2.75) is 13.8 Å². The Morgan fingerprint density at radius 2 is 2.27 bits per heavy atom. The quantitative estimate of drug-likeness (QED) is 0.435. The van der Waals surface area contributed by atoms with Crippen molar-refractivity contribution in [1.29, 1.82) is 0 Å². The van der Waals surface area contributed by atoms with Crippen LogP contribution in [-0.4, -0.2) is 23.3 Å². The molecule has 0 aromatic heterocycles. The maximum absolute atomic E-state index is 10.4. The van der Waals surface area contributed by atoms with E-state index in [1.807, 2.05) is 6.92 Å². The predicted molar refractivity (Wildman–Crippen MR) is 42.1 cm³/mol. The van der Waals surface area contributed by atoms with Crippen molar-refractivity contribution < 1.29 is 14.9 Å². The van der Waals surface area contributed by atoms with Gasteiger partial charge in [-0.25, -0.2) is 9.79 Å². The zero-order chi connectivity index (χ0) is 8.85. The van der Waals surface area contributed by atoms with E-state index >= 15 is 0 Å². The zero-order valence-electron chi connectivity index (χ0n) is 6.72. The van der Waals surface area contributed by atoms with Gasteiger partial charge in [-0.15, -0.1) is 0 Å². The van der Waals surface area contributed by atoms with Gasteiger partial charge >= 0.3 is 5.97 Å². The van der Waals surface area contributed by atoms with Crippen LogP contribution in [0.4, 0.5) is 0 Å². The molecule has 0 heterocycles. The molecule has 0 atom stereocenters. The molecule has 11 heavy (non-hydrogen) atoms. The summed E-state index contributed by atoms with van der Waals surface area (Å²) >= 11 is 0.